The Morgan fingerprint density at radius 1 is 1.21 bits per heavy atom. The van der Waals surface area contributed by atoms with E-state index in [9.17, 15) is 5.11 Å². The van der Waals surface area contributed by atoms with Crippen LogP contribution >= 0.6 is 0 Å². The minimum atomic E-state index is -0.101. The van der Waals surface area contributed by atoms with Gasteiger partial charge in [0.05, 0.1) is 6.10 Å². The molecule has 82 valence electrons. The monoisotopic (exact) mass is 197 g/mol. The third kappa shape index (κ3) is 2.12. The predicted molar refractivity (Wildman–Crippen MR) is 58.3 cm³/mol. The molecule has 0 bridgehead atoms. The first-order valence-corrected chi connectivity index (χ1v) is 6.14. The van der Waals surface area contributed by atoms with Crippen LogP contribution in [0.1, 0.15) is 45.4 Å². The van der Waals surface area contributed by atoms with Crippen molar-refractivity contribution in [1.29, 1.82) is 0 Å². The van der Waals surface area contributed by atoms with Crippen molar-refractivity contribution in [3.05, 3.63) is 0 Å². The second-order valence-electron chi connectivity index (χ2n) is 5.29. The van der Waals surface area contributed by atoms with Crippen molar-refractivity contribution >= 4 is 0 Å². The van der Waals surface area contributed by atoms with E-state index >= 15 is 0 Å². The first-order valence-electron chi connectivity index (χ1n) is 6.14. The zero-order chi connectivity index (χ0) is 10.0. The van der Waals surface area contributed by atoms with Gasteiger partial charge in [0.15, 0.2) is 0 Å². The van der Waals surface area contributed by atoms with Crippen molar-refractivity contribution in [2.45, 2.75) is 51.6 Å². The summed E-state index contributed by atoms with van der Waals surface area (Å²) in [7, 11) is 0. The van der Waals surface area contributed by atoms with Crippen molar-refractivity contribution in [2.75, 3.05) is 19.6 Å². The van der Waals surface area contributed by atoms with Crippen LogP contribution in [0.3, 0.4) is 0 Å². The maximum atomic E-state index is 9.54. The van der Waals surface area contributed by atoms with E-state index in [2.05, 4.69) is 11.8 Å². The number of aliphatic hydroxyl groups excluding tert-OH is 1. The number of rotatable bonds is 3. The minimum Gasteiger partial charge on any atom is -0.392 e. The second-order valence-corrected chi connectivity index (χ2v) is 5.29. The molecule has 0 aromatic rings. The van der Waals surface area contributed by atoms with Crippen molar-refractivity contribution < 1.29 is 5.11 Å². The molecule has 1 heterocycles. The van der Waals surface area contributed by atoms with E-state index in [1.165, 1.54) is 45.2 Å². The Morgan fingerprint density at radius 2 is 1.86 bits per heavy atom. The molecule has 0 amide bonds. The lowest BCUT2D eigenvalue weighted by Crippen LogP contribution is -2.58. The summed E-state index contributed by atoms with van der Waals surface area (Å²) >= 11 is 0. The number of likely N-dealkylation sites (tertiary alicyclic amines) is 1. The smallest absolute Gasteiger partial charge is 0.0664 e. The van der Waals surface area contributed by atoms with Gasteiger partial charge in [-0.25, -0.2) is 0 Å². The average Bonchev–Trinajstić information content (AvgIpc) is 2.17. The van der Waals surface area contributed by atoms with Crippen molar-refractivity contribution in [3.63, 3.8) is 0 Å². The largest absolute Gasteiger partial charge is 0.392 e. The Balaban J connectivity index is 1.72. The second kappa shape index (κ2) is 4.19. The van der Waals surface area contributed by atoms with Crippen molar-refractivity contribution in [2.24, 2.45) is 5.41 Å². The molecule has 14 heavy (non-hydrogen) atoms. The summed E-state index contributed by atoms with van der Waals surface area (Å²) in [4.78, 5) is 2.43. The Bertz CT molecular complexity index is 179. The molecular formula is C12H23NO. The molecule has 1 aliphatic carbocycles. The maximum absolute atomic E-state index is 9.54. The zero-order valence-electron chi connectivity index (χ0n) is 9.34. The van der Waals surface area contributed by atoms with Gasteiger partial charge >= 0.3 is 0 Å². The van der Waals surface area contributed by atoms with Crippen LogP contribution in [0, 0.1) is 5.41 Å². The molecule has 2 aliphatic rings. The van der Waals surface area contributed by atoms with Crippen LogP contribution in [0.5, 0.6) is 0 Å². The number of hydrogen-bond donors (Lipinski definition) is 1. The van der Waals surface area contributed by atoms with Crippen molar-refractivity contribution in [3.8, 4) is 0 Å². The lowest BCUT2D eigenvalue weighted by atomic mass is 9.68. The number of hydrogen-bond acceptors (Lipinski definition) is 2. The van der Waals surface area contributed by atoms with Crippen LogP contribution in [0.25, 0.3) is 0 Å². The van der Waals surface area contributed by atoms with Crippen molar-refractivity contribution in [1.82, 2.24) is 4.90 Å². The number of nitrogens with zero attached hydrogens (tertiary/aromatic N) is 1. The molecule has 1 spiro atoms. The minimum absolute atomic E-state index is 0.101. The fourth-order valence-corrected chi connectivity index (χ4v) is 3.08. The lowest BCUT2D eigenvalue weighted by molar-refractivity contribution is -0.0494. The van der Waals surface area contributed by atoms with E-state index in [-0.39, 0.29) is 6.10 Å². The Hall–Kier alpha value is -0.0800. The van der Waals surface area contributed by atoms with E-state index < -0.39 is 0 Å². The highest BCUT2D eigenvalue weighted by molar-refractivity contribution is 4.96. The van der Waals surface area contributed by atoms with E-state index in [0.29, 0.717) is 5.41 Å². The lowest BCUT2D eigenvalue weighted by Gasteiger charge is -2.53. The van der Waals surface area contributed by atoms with Gasteiger partial charge in [-0.1, -0.05) is 26.2 Å². The maximum Gasteiger partial charge on any atom is 0.0664 e. The molecule has 1 saturated carbocycles. The third-order valence-corrected chi connectivity index (χ3v) is 3.97. The summed E-state index contributed by atoms with van der Waals surface area (Å²) in [5, 5.41) is 9.54. The Morgan fingerprint density at radius 3 is 2.43 bits per heavy atom. The van der Waals surface area contributed by atoms with Gasteiger partial charge in [-0.05, 0) is 24.7 Å². The molecule has 1 unspecified atom stereocenters. The molecule has 2 heteroatoms. The van der Waals surface area contributed by atoms with Crippen LogP contribution in [0.2, 0.25) is 0 Å². The predicted octanol–water partition coefficient (Wildman–Crippen LogP) is 2.02. The normalized spacial score (nSPS) is 28.7. The molecule has 0 aromatic carbocycles. The van der Waals surface area contributed by atoms with E-state index in [0.717, 1.165) is 13.0 Å². The average molecular weight is 197 g/mol. The van der Waals surface area contributed by atoms with Gasteiger partial charge < -0.3 is 5.11 Å². The molecule has 1 N–H and O–H groups in total. The Labute approximate surface area is 87.3 Å². The molecular weight excluding hydrogens is 174 g/mol. The Kier molecular flexibility index (Phi) is 3.13. The summed E-state index contributed by atoms with van der Waals surface area (Å²) < 4.78 is 0. The van der Waals surface area contributed by atoms with Gasteiger partial charge in [0.2, 0.25) is 0 Å². The molecule has 2 fully saturated rings. The van der Waals surface area contributed by atoms with Crippen LogP contribution in [0.4, 0.5) is 0 Å². The quantitative estimate of drug-likeness (QED) is 0.748. The number of β-amino-alcohol motifs (C(OH)–C–C–N with tert-alkyl or cyclic N) is 1. The molecule has 0 radical (unpaired) electrons. The fraction of sp³-hybridized carbons (Fsp3) is 1.00. The molecule has 0 aromatic heterocycles. The van der Waals surface area contributed by atoms with Gasteiger partial charge in [-0.15, -0.1) is 0 Å². The van der Waals surface area contributed by atoms with E-state index in [1.807, 2.05) is 0 Å². The topological polar surface area (TPSA) is 23.5 Å². The summed E-state index contributed by atoms with van der Waals surface area (Å²) in [6.07, 6.45) is 7.98. The zero-order valence-corrected chi connectivity index (χ0v) is 9.34. The van der Waals surface area contributed by atoms with Gasteiger partial charge in [0.1, 0.15) is 0 Å². The summed E-state index contributed by atoms with van der Waals surface area (Å²) in [5.41, 5.74) is 0.672. The van der Waals surface area contributed by atoms with Gasteiger partial charge in [-0.3, -0.25) is 4.90 Å². The van der Waals surface area contributed by atoms with Gasteiger partial charge in [0.25, 0.3) is 0 Å². The van der Waals surface area contributed by atoms with Crippen LogP contribution < -0.4 is 0 Å². The van der Waals surface area contributed by atoms with Crippen LogP contribution in [-0.2, 0) is 0 Å². The molecule has 2 rings (SSSR count). The van der Waals surface area contributed by atoms with E-state index in [1.54, 1.807) is 0 Å². The van der Waals surface area contributed by atoms with Gasteiger partial charge in [0, 0.05) is 19.6 Å². The summed E-state index contributed by atoms with van der Waals surface area (Å²) in [6, 6.07) is 0. The first kappa shape index (κ1) is 10.4. The highest BCUT2D eigenvalue weighted by atomic mass is 16.3. The third-order valence-electron chi connectivity index (χ3n) is 3.97. The standard InChI is InChI=1S/C12H23NO/c1-2-11(14)8-13-9-12(10-13)6-4-3-5-7-12/h11,14H,2-10H2,1H3. The molecule has 1 aliphatic heterocycles. The van der Waals surface area contributed by atoms with Crippen LogP contribution in [-0.4, -0.2) is 35.7 Å². The summed E-state index contributed by atoms with van der Waals surface area (Å²) in [6.45, 7) is 5.47. The fourth-order valence-electron chi connectivity index (χ4n) is 3.08. The highest BCUT2D eigenvalue weighted by Crippen LogP contribution is 2.43. The first-order chi connectivity index (χ1) is 6.74. The highest BCUT2D eigenvalue weighted by Gasteiger charge is 2.43. The molecule has 2 nitrogen and oxygen atoms in total. The molecule has 1 atom stereocenters. The number of aliphatic hydroxyl groups is 1. The van der Waals surface area contributed by atoms with Gasteiger partial charge in [-0.2, -0.15) is 0 Å². The molecule has 1 saturated heterocycles. The van der Waals surface area contributed by atoms with E-state index in [4.69, 9.17) is 0 Å². The SMILES string of the molecule is CCC(O)CN1CC2(CCCCC2)C1. The van der Waals surface area contributed by atoms with Crippen LogP contribution in [0.15, 0.2) is 0 Å². The summed E-state index contributed by atoms with van der Waals surface area (Å²) in [5.74, 6) is 0.